The highest BCUT2D eigenvalue weighted by Gasteiger charge is 2.28. The molecule has 170 valence electrons. The summed E-state index contributed by atoms with van der Waals surface area (Å²) in [5.41, 5.74) is 0.0338. The molecule has 0 unspecified atom stereocenters. The molecule has 2 aromatic carbocycles. The number of nitrogens with zero attached hydrogens (tertiary/aromatic N) is 2. The Hall–Kier alpha value is -3.05. The fourth-order valence-electron chi connectivity index (χ4n) is 3.25. The Morgan fingerprint density at radius 1 is 1.22 bits per heavy atom. The molecule has 2 N–H and O–H groups in total. The van der Waals surface area contributed by atoms with Gasteiger partial charge in [0.15, 0.2) is 4.77 Å². The predicted octanol–water partition coefficient (Wildman–Crippen LogP) is 3.80. The summed E-state index contributed by atoms with van der Waals surface area (Å²) in [5, 5.41) is 2.85. The Bertz CT molecular complexity index is 1250. The number of H-pyrrole nitrogens is 1. The van der Waals surface area contributed by atoms with Crippen LogP contribution in [0.4, 0.5) is 17.6 Å². The van der Waals surface area contributed by atoms with Gasteiger partial charge in [0.05, 0.1) is 23.1 Å². The van der Waals surface area contributed by atoms with Crippen molar-refractivity contribution in [3.05, 3.63) is 69.0 Å². The van der Waals surface area contributed by atoms with Gasteiger partial charge in [-0.05, 0) is 62.6 Å². The fourth-order valence-corrected chi connectivity index (χ4v) is 3.54. The van der Waals surface area contributed by atoms with Crippen molar-refractivity contribution in [2.45, 2.75) is 12.6 Å². The van der Waals surface area contributed by atoms with Crippen LogP contribution in [-0.2, 0) is 0 Å². The van der Waals surface area contributed by atoms with Crippen LogP contribution in [0.2, 0.25) is 0 Å². The number of carbonyl (C=O) groups is 1. The summed E-state index contributed by atoms with van der Waals surface area (Å²) in [6.07, 6.45) is -3.93. The predicted molar refractivity (Wildman–Crippen MR) is 115 cm³/mol. The number of carbonyl (C=O) groups excluding carboxylic acids is 1. The van der Waals surface area contributed by atoms with Crippen LogP contribution in [0, 0.1) is 10.6 Å². The lowest BCUT2D eigenvalue weighted by Gasteiger charge is -2.18. The molecule has 3 aromatic rings. The number of halogens is 4. The second kappa shape index (κ2) is 9.61. The van der Waals surface area contributed by atoms with Crippen LogP contribution >= 0.6 is 12.2 Å². The number of amides is 1. The molecule has 0 aliphatic rings. The summed E-state index contributed by atoms with van der Waals surface area (Å²) < 4.78 is 52.1. The van der Waals surface area contributed by atoms with Crippen LogP contribution in [0.3, 0.4) is 0 Å². The van der Waals surface area contributed by atoms with E-state index in [2.05, 4.69) is 10.3 Å². The number of aromatic nitrogens is 2. The van der Waals surface area contributed by atoms with E-state index in [0.29, 0.717) is 11.9 Å². The minimum Gasteiger partial charge on any atom is -0.352 e. The molecule has 0 aliphatic heterocycles. The van der Waals surface area contributed by atoms with Crippen LogP contribution < -0.4 is 10.9 Å². The van der Waals surface area contributed by atoms with Crippen molar-refractivity contribution in [3.63, 3.8) is 0 Å². The van der Waals surface area contributed by atoms with Crippen molar-refractivity contribution < 1.29 is 22.4 Å². The van der Waals surface area contributed by atoms with Gasteiger partial charge in [-0.2, -0.15) is 13.2 Å². The number of aromatic amines is 1. The second-order valence-corrected chi connectivity index (χ2v) is 7.63. The van der Waals surface area contributed by atoms with E-state index in [1.165, 1.54) is 43.4 Å². The molecule has 0 saturated carbocycles. The molecule has 11 heteroatoms. The summed E-state index contributed by atoms with van der Waals surface area (Å²) in [5.74, 6) is -1.05. The van der Waals surface area contributed by atoms with Crippen molar-refractivity contribution in [3.8, 4) is 5.69 Å². The molecular weight excluding hydrogens is 448 g/mol. The maximum Gasteiger partial charge on any atom is 0.401 e. The van der Waals surface area contributed by atoms with E-state index in [4.69, 9.17) is 12.2 Å². The SMILES string of the molecule is CN(CCCNC(=O)c1ccc2c(=O)n(-c3ccccc3F)c(=S)[nH]c2c1)CC(F)(F)F. The Kier molecular flexibility index (Phi) is 7.09. The number of rotatable bonds is 7. The minimum atomic E-state index is -4.27. The minimum absolute atomic E-state index is 0.0120. The van der Waals surface area contributed by atoms with Gasteiger partial charge in [0.25, 0.3) is 11.5 Å². The number of alkyl halides is 3. The highest BCUT2D eigenvalue weighted by atomic mass is 32.1. The van der Waals surface area contributed by atoms with Crippen LogP contribution in [0.25, 0.3) is 16.6 Å². The molecule has 0 bridgehead atoms. The summed E-state index contributed by atoms with van der Waals surface area (Å²) in [6, 6.07) is 10.1. The van der Waals surface area contributed by atoms with E-state index in [-0.39, 0.29) is 34.5 Å². The third-order valence-electron chi connectivity index (χ3n) is 4.70. The zero-order valence-electron chi connectivity index (χ0n) is 17.0. The number of fused-ring (bicyclic) bond motifs is 1. The monoisotopic (exact) mass is 468 g/mol. The molecular formula is C21H20F4N4O2S. The first-order valence-corrected chi connectivity index (χ1v) is 10.0. The molecule has 0 aliphatic carbocycles. The molecule has 0 spiro atoms. The number of nitrogens with one attached hydrogen (secondary N) is 2. The smallest absolute Gasteiger partial charge is 0.352 e. The van der Waals surface area contributed by atoms with E-state index in [1.54, 1.807) is 6.07 Å². The molecule has 0 saturated heterocycles. The van der Waals surface area contributed by atoms with Crippen LogP contribution in [0.1, 0.15) is 16.8 Å². The van der Waals surface area contributed by atoms with Gasteiger partial charge < -0.3 is 10.3 Å². The van der Waals surface area contributed by atoms with Gasteiger partial charge in [0.2, 0.25) is 0 Å². The van der Waals surface area contributed by atoms with Crippen molar-refractivity contribution in [2.24, 2.45) is 0 Å². The number of hydrogen-bond acceptors (Lipinski definition) is 4. The first kappa shape index (κ1) is 23.6. The maximum atomic E-state index is 14.2. The molecule has 6 nitrogen and oxygen atoms in total. The molecule has 32 heavy (non-hydrogen) atoms. The Balaban J connectivity index is 1.74. The van der Waals surface area contributed by atoms with Crippen LogP contribution in [0.5, 0.6) is 0 Å². The largest absolute Gasteiger partial charge is 0.401 e. The summed E-state index contributed by atoms with van der Waals surface area (Å²) >= 11 is 5.22. The van der Waals surface area contributed by atoms with Gasteiger partial charge >= 0.3 is 6.18 Å². The molecule has 1 aromatic heterocycles. The lowest BCUT2D eigenvalue weighted by Crippen LogP contribution is -2.33. The number of para-hydroxylation sites is 1. The Labute approximate surface area is 185 Å². The highest BCUT2D eigenvalue weighted by Crippen LogP contribution is 2.16. The van der Waals surface area contributed by atoms with E-state index in [0.717, 1.165) is 9.47 Å². The molecule has 0 fully saturated rings. The van der Waals surface area contributed by atoms with Gasteiger partial charge in [-0.15, -0.1) is 0 Å². The van der Waals surface area contributed by atoms with E-state index < -0.39 is 30.0 Å². The molecule has 3 rings (SSSR count). The molecule has 0 radical (unpaired) electrons. The van der Waals surface area contributed by atoms with Gasteiger partial charge in [-0.3, -0.25) is 14.5 Å². The van der Waals surface area contributed by atoms with Crippen molar-refractivity contribution in [1.29, 1.82) is 0 Å². The van der Waals surface area contributed by atoms with Gasteiger partial charge in [-0.1, -0.05) is 12.1 Å². The van der Waals surface area contributed by atoms with Gasteiger partial charge in [-0.25, -0.2) is 8.96 Å². The van der Waals surface area contributed by atoms with E-state index in [1.807, 2.05) is 0 Å². The highest BCUT2D eigenvalue weighted by molar-refractivity contribution is 7.71. The second-order valence-electron chi connectivity index (χ2n) is 7.24. The molecule has 1 amide bonds. The molecule has 0 atom stereocenters. The van der Waals surface area contributed by atoms with Crippen molar-refractivity contribution in [1.82, 2.24) is 19.8 Å². The lowest BCUT2D eigenvalue weighted by molar-refractivity contribution is -0.143. The van der Waals surface area contributed by atoms with Gasteiger partial charge in [0, 0.05) is 12.1 Å². The summed E-state index contributed by atoms with van der Waals surface area (Å²) in [6.45, 7) is -0.667. The number of benzene rings is 2. The third kappa shape index (κ3) is 5.60. The lowest BCUT2D eigenvalue weighted by atomic mass is 10.1. The van der Waals surface area contributed by atoms with E-state index >= 15 is 0 Å². The number of hydrogen-bond donors (Lipinski definition) is 2. The maximum absolute atomic E-state index is 14.2. The van der Waals surface area contributed by atoms with Gasteiger partial charge in [0.1, 0.15) is 5.82 Å². The third-order valence-corrected chi connectivity index (χ3v) is 4.99. The standard InChI is InChI=1S/C21H20F4N4O2S/c1-28(12-21(23,24)25)10-4-9-26-18(30)13-7-8-14-16(11-13)27-20(32)29(19(14)31)17-6-3-2-5-15(17)22/h2-3,5-8,11H,4,9-10,12H2,1H3,(H,26,30)(H,27,32). The topological polar surface area (TPSA) is 70.1 Å². The van der Waals surface area contributed by atoms with Crippen molar-refractivity contribution in [2.75, 3.05) is 26.7 Å². The summed E-state index contributed by atoms with van der Waals surface area (Å²) in [7, 11) is 1.36. The Morgan fingerprint density at radius 2 is 1.94 bits per heavy atom. The van der Waals surface area contributed by atoms with E-state index in [9.17, 15) is 27.2 Å². The first-order chi connectivity index (χ1) is 15.1. The van der Waals surface area contributed by atoms with Crippen LogP contribution in [-0.4, -0.2) is 53.2 Å². The summed E-state index contributed by atoms with van der Waals surface area (Å²) in [4.78, 5) is 29.2. The Morgan fingerprint density at radius 3 is 2.62 bits per heavy atom. The first-order valence-electron chi connectivity index (χ1n) is 9.64. The average Bonchev–Trinajstić information content (AvgIpc) is 2.70. The van der Waals surface area contributed by atoms with Crippen molar-refractivity contribution >= 4 is 29.0 Å². The van der Waals surface area contributed by atoms with Crippen LogP contribution in [0.15, 0.2) is 47.3 Å². The normalized spacial score (nSPS) is 11.8. The zero-order valence-corrected chi connectivity index (χ0v) is 17.8. The quantitative estimate of drug-likeness (QED) is 0.315. The average molecular weight is 468 g/mol. The molecule has 1 heterocycles. The fraction of sp³-hybridized carbons (Fsp3) is 0.286. The zero-order chi connectivity index (χ0) is 23.5.